The fourth-order valence-electron chi connectivity index (χ4n) is 2.64. The van der Waals surface area contributed by atoms with Gasteiger partial charge in [0, 0.05) is 10.0 Å². The van der Waals surface area contributed by atoms with Crippen LogP contribution >= 0.6 is 15.9 Å². The summed E-state index contributed by atoms with van der Waals surface area (Å²) < 4.78 is 1.20. The minimum absolute atomic E-state index is 0.853. The van der Waals surface area contributed by atoms with E-state index in [0.29, 0.717) is 0 Å². The number of aryl methyl sites for hydroxylation is 4. The second-order valence-electron chi connectivity index (χ2n) is 5.08. The van der Waals surface area contributed by atoms with Gasteiger partial charge in [0.1, 0.15) is 6.29 Å². The summed E-state index contributed by atoms with van der Waals surface area (Å²) in [5.41, 5.74) is 5.90. The van der Waals surface area contributed by atoms with E-state index >= 15 is 0 Å². The van der Waals surface area contributed by atoms with Crippen LogP contribution in [-0.2, 0) is 25.7 Å². The molecule has 0 N–H and O–H groups in total. The van der Waals surface area contributed by atoms with Gasteiger partial charge in [-0.1, -0.05) is 40.2 Å². The standard InChI is InChI=1S/C17H15BrO/c18-17-10-13-2-6-14-5-1-12(9-16(14)11-19)3-7-15(17)8-4-13/h1,4-5,8-11H,2-3,6-7H2. The Hall–Kier alpha value is -1.41. The minimum atomic E-state index is 0.853. The molecule has 1 nitrogen and oxygen atoms in total. The molecule has 0 spiro atoms. The number of benzene rings is 2. The van der Waals surface area contributed by atoms with Gasteiger partial charge in [-0.25, -0.2) is 0 Å². The van der Waals surface area contributed by atoms with Crippen molar-refractivity contribution in [3.63, 3.8) is 0 Å². The van der Waals surface area contributed by atoms with Crippen molar-refractivity contribution in [2.45, 2.75) is 25.7 Å². The van der Waals surface area contributed by atoms with Crippen molar-refractivity contribution in [1.82, 2.24) is 0 Å². The normalized spacial score (nSPS) is 13.9. The average molecular weight is 315 g/mol. The molecule has 19 heavy (non-hydrogen) atoms. The maximum absolute atomic E-state index is 11.2. The van der Waals surface area contributed by atoms with Crippen LogP contribution in [0.25, 0.3) is 0 Å². The molecule has 0 heterocycles. The van der Waals surface area contributed by atoms with Gasteiger partial charge in [0.2, 0.25) is 0 Å². The number of rotatable bonds is 1. The third-order valence-corrected chi connectivity index (χ3v) is 4.56. The lowest BCUT2D eigenvalue weighted by Gasteiger charge is -2.13. The molecule has 0 unspecified atom stereocenters. The average Bonchev–Trinajstić information content (AvgIpc) is 2.42. The molecule has 2 heteroatoms. The summed E-state index contributed by atoms with van der Waals surface area (Å²) in [5.74, 6) is 0. The molecule has 2 aromatic rings. The first kappa shape index (κ1) is 12.6. The van der Waals surface area contributed by atoms with Gasteiger partial charge in [-0.3, -0.25) is 4.79 Å². The van der Waals surface area contributed by atoms with E-state index in [0.717, 1.165) is 43.1 Å². The first-order valence-corrected chi connectivity index (χ1v) is 7.40. The van der Waals surface area contributed by atoms with Crippen molar-refractivity contribution in [1.29, 1.82) is 0 Å². The highest BCUT2D eigenvalue weighted by Crippen LogP contribution is 2.24. The topological polar surface area (TPSA) is 17.1 Å². The summed E-state index contributed by atoms with van der Waals surface area (Å²) in [6.45, 7) is 0. The first-order valence-electron chi connectivity index (χ1n) is 6.60. The van der Waals surface area contributed by atoms with Crippen LogP contribution < -0.4 is 0 Å². The van der Waals surface area contributed by atoms with Crippen LogP contribution in [-0.4, -0.2) is 6.29 Å². The third kappa shape index (κ3) is 2.64. The number of halogens is 1. The summed E-state index contributed by atoms with van der Waals surface area (Å²) in [5, 5.41) is 0. The predicted molar refractivity (Wildman–Crippen MR) is 80.8 cm³/mol. The number of aldehydes is 1. The first-order chi connectivity index (χ1) is 9.26. The molecule has 0 atom stereocenters. The molecule has 4 aliphatic carbocycles. The van der Waals surface area contributed by atoms with Gasteiger partial charge in [0.25, 0.3) is 0 Å². The number of hydrogen-bond acceptors (Lipinski definition) is 1. The number of carbonyl (C=O) groups is 1. The van der Waals surface area contributed by atoms with Crippen LogP contribution in [0, 0.1) is 0 Å². The molecule has 96 valence electrons. The molecule has 0 saturated carbocycles. The van der Waals surface area contributed by atoms with Gasteiger partial charge in [0.05, 0.1) is 0 Å². The van der Waals surface area contributed by atoms with E-state index in [1.807, 2.05) is 6.07 Å². The van der Waals surface area contributed by atoms with E-state index in [4.69, 9.17) is 0 Å². The zero-order valence-corrected chi connectivity index (χ0v) is 12.2. The van der Waals surface area contributed by atoms with E-state index in [1.54, 1.807) is 0 Å². The summed E-state index contributed by atoms with van der Waals surface area (Å²) in [4.78, 5) is 11.2. The van der Waals surface area contributed by atoms with Crippen molar-refractivity contribution < 1.29 is 4.79 Å². The van der Waals surface area contributed by atoms with Crippen LogP contribution in [0.1, 0.15) is 32.6 Å². The van der Waals surface area contributed by atoms with Crippen LogP contribution in [0.2, 0.25) is 0 Å². The SMILES string of the molecule is O=Cc1cc2ccc1CCc1ccc(c(Br)c1)CC2. The Morgan fingerprint density at radius 1 is 0.842 bits per heavy atom. The molecule has 4 aliphatic rings. The van der Waals surface area contributed by atoms with Gasteiger partial charge >= 0.3 is 0 Å². The van der Waals surface area contributed by atoms with Crippen LogP contribution in [0.5, 0.6) is 0 Å². The van der Waals surface area contributed by atoms with Gasteiger partial charge < -0.3 is 0 Å². The Balaban J connectivity index is 2.05. The summed E-state index contributed by atoms with van der Waals surface area (Å²) in [6, 6.07) is 12.9. The molecular weight excluding hydrogens is 300 g/mol. The summed E-state index contributed by atoms with van der Waals surface area (Å²) >= 11 is 3.66. The molecular formula is C17H15BrO. The fraction of sp³-hybridized carbons (Fsp3) is 0.235. The van der Waals surface area contributed by atoms with E-state index < -0.39 is 0 Å². The molecule has 0 fully saturated rings. The molecule has 0 radical (unpaired) electrons. The highest BCUT2D eigenvalue weighted by Gasteiger charge is 2.09. The van der Waals surface area contributed by atoms with Crippen molar-refractivity contribution in [3.05, 3.63) is 68.7 Å². The molecule has 0 saturated heterocycles. The lowest BCUT2D eigenvalue weighted by molar-refractivity contribution is 0.112. The van der Waals surface area contributed by atoms with Crippen molar-refractivity contribution in [2.24, 2.45) is 0 Å². The third-order valence-electron chi connectivity index (χ3n) is 3.82. The number of hydrogen-bond donors (Lipinski definition) is 0. The lowest BCUT2D eigenvalue weighted by Crippen LogP contribution is -2.02. The zero-order valence-electron chi connectivity index (χ0n) is 10.7. The maximum Gasteiger partial charge on any atom is 0.150 e. The van der Waals surface area contributed by atoms with Gasteiger partial charge in [-0.05, 0) is 60.1 Å². The smallest absolute Gasteiger partial charge is 0.150 e. The van der Waals surface area contributed by atoms with Crippen molar-refractivity contribution in [3.8, 4) is 0 Å². The molecule has 2 aromatic carbocycles. The summed E-state index contributed by atoms with van der Waals surface area (Å²) in [7, 11) is 0. The van der Waals surface area contributed by atoms with Crippen molar-refractivity contribution in [2.75, 3.05) is 0 Å². The van der Waals surface area contributed by atoms with Crippen LogP contribution in [0.15, 0.2) is 40.9 Å². The molecule has 0 aliphatic heterocycles. The van der Waals surface area contributed by atoms with E-state index in [1.165, 1.54) is 21.2 Å². The zero-order chi connectivity index (χ0) is 13.2. The van der Waals surface area contributed by atoms with Crippen LogP contribution in [0.3, 0.4) is 0 Å². The summed E-state index contributed by atoms with van der Waals surface area (Å²) in [6.07, 6.45) is 4.85. The molecule has 0 amide bonds. The predicted octanol–water partition coefficient (Wildman–Crippen LogP) is 4.15. The Kier molecular flexibility index (Phi) is 3.52. The monoisotopic (exact) mass is 314 g/mol. The maximum atomic E-state index is 11.2. The molecule has 6 rings (SSSR count). The van der Waals surface area contributed by atoms with E-state index in [9.17, 15) is 4.79 Å². The number of carbonyl (C=O) groups excluding carboxylic acids is 1. The minimum Gasteiger partial charge on any atom is -0.298 e. The van der Waals surface area contributed by atoms with E-state index in [-0.39, 0.29) is 0 Å². The second-order valence-corrected chi connectivity index (χ2v) is 5.93. The highest BCUT2D eigenvalue weighted by atomic mass is 79.9. The van der Waals surface area contributed by atoms with Crippen molar-refractivity contribution >= 4 is 22.2 Å². The highest BCUT2D eigenvalue weighted by molar-refractivity contribution is 9.10. The fourth-order valence-corrected chi connectivity index (χ4v) is 3.27. The quantitative estimate of drug-likeness (QED) is 0.723. The van der Waals surface area contributed by atoms with E-state index in [2.05, 4.69) is 46.3 Å². The largest absolute Gasteiger partial charge is 0.298 e. The Morgan fingerprint density at radius 2 is 1.47 bits per heavy atom. The Bertz CT molecular complexity index is 631. The van der Waals surface area contributed by atoms with Gasteiger partial charge in [0.15, 0.2) is 0 Å². The lowest BCUT2D eigenvalue weighted by atomic mass is 9.94. The Morgan fingerprint density at radius 3 is 2.16 bits per heavy atom. The molecule has 4 bridgehead atoms. The molecule has 0 aromatic heterocycles. The Labute approximate surface area is 121 Å². The van der Waals surface area contributed by atoms with Gasteiger partial charge in [-0.2, -0.15) is 0 Å². The second kappa shape index (κ2) is 5.30. The van der Waals surface area contributed by atoms with Crippen LogP contribution in [0.4, 0.5) is 0 Å². The van der Waals surface area contributed by atoms with Gasteiger partial charge in [-0.15, -0.1) is 0 Å².